The predicted molar refractivity (Wildman–Crippen MR) is 67.9 cm³/mol. The van der Waals surface area contributed by atoms with Gasteiger partial charge in [0, 0.05) is 6.04 Å². The molecule has 2 rings (SSSR count). The monoisotopic (exact) mass is 218 g/mol. The molecule has 0 saturated heterocycles. The summed E-state index contributed by atoms with van der Waals surface area (Å²) in [6, 6.07) is 7.00. The molecule has 0 radical (unpaired) electrons. The van der Waals surface area contributed by atoms with Crippen molar-refractivity contribution in [3.05, 3.63) is 34.9 Å². The van der Waals surface area contributed by atoms with E-state index in [1.54, 1.807) is 0 Å². The molecule has 0 bridgehead atoms. The molecule has 1 saturated carbocycles. The topological polar surface area (TPSA) is 38.0 Å². The number of aryl methyl sites for hydroxylation is 2. The van der Waals surface area contributed by atoms with E-state index in [2.05, 4.69) is 44.4 Å². The van der Waals surface area contributed by atoms with Gasteiger partial charge in [-0.05, 0) is 44.1 Å². The van der Waals surface area contributed by atoms with Gasteiger partial charge in [0.1, 0.15) is 0 Å². The summed E-state index contributed by atoms with van der Waals surface area (Å²) in [6.07, 6.45) is 2.73. The highest BCUT2D eigenvalue weighted by Crippen LogP contribution is 2.42. The summed E-state index contributed by atoms with van der Waals surface area (Å²) in [5.74, 6) is 7.22. The van der Waals surface area contributed by atoms with Crippen molar-refractivity contribution in [3.63, 3.8) is 0 Å². The highest BCUT2D eigenvalue weighted by atomic mass is 15.2. The first-order chi connectivity index (χ1) is 7.61. The molecule has 0 heterocycles. The van der Waals surface area contributed by atoms with E-state index in [-0.39, 0.29) is 0 Å². The maximum Gasteiger partial charge on any atom is 0.0488 e. The van der Waals surface area contributed by atoms with E-state index in [0.29, 0.717) is 12.0 Å². The average Bonchev–Trinajstić information content (AvgIpc) is 2.99. The molecular formula is C14H22N2. The fourth-order valence-electron chi connectivity index (χ4n) is 2.64. The Bertz CT molecular complexity index is 349. The smallest absolute Gasteiger partial charge is 0.0488 e. The Morgan fingerprint density at radius 3 is 2.19 bits per heavy atom. The molecule has 3 N–H and O–H groups in total. The fourth-order valence-corrected chi connectivity index (χ4v) is 2.64. The molecule has 1 aromatic rings. The highest BCUT2D eigenvalue weighted by Gasteiger charge is 2.33. The number of hydrazine groups is 1. The van der Waals surface area contributed by atoms with E-state index < -0.39 is 0 Å². The van der Waals surface area contributed by atoms with Crippen LogP contribution in [0.4, 0.5) is 0 Å². The second kappa shape index (κ2) is 4.56. The van der Waals surface area contributed by atoms with Crippen molar-refractivity contribution in [1.29, 1.82) is 0 Å². The molecule has 16 heavy (non-hydrogen) atoms. The van der Waals surface area contributed by atoms with Gasteiger partial charge in [0.2, 0.25) is 0 Å². The number of hydrogen-bond donors (Lipinski definition) is 2. The SMILES string of the molecule is Cc1cc(C)cc(C(NN)C(C)C2CC2)c1. The minimum absolute atomic E-state index is 0.297. The first kappa shape index (κ1) is 11.6. The van der Waals surface area contributed by atoms with Gasteiger partial charge in [-0.15, -0.1) is 0 Å². The van der Waals surface area contributed by atoms with Gasteiger partial charge in [0.05, 0.1) is 0 Å². The predicted octanol–water partition coefficient (Wildman–Crippen LogP) is 2.85. The molecule has 2 heteroatoms. The molecule has 0 spiro atoms. The van der Waals surface area contributed by atoms with Crippen molar-refractivity contribution < 1.29 is 0 Å². The summed E-state index contributed by atoms with van der Waals surface area (Å²) in [6.45, 7) is 6.59. The second-order valence-electron chi connectivity index (χ2n) is 5.26. The zero-order valence-electron chi connectivity index (χ0n) is 10.5. The quantitative estimate of drug-likeness (QED) is 0.602. The largest absolute Gasteiger partial charge is 0.271 e. The van der Waals surface area contributed by atoms with Crippen LogP contribution < -0.4 is 11.3 Å². The van der Waals surface area contributed by atoms with Crippen molar-refractivity contribution in [1.82, 2.24) is 5.43 Å². The molecule has 1 aliphatic rings. The number of rotatable bonds is 4. The Kier molecular flexibility index (Phi) is 3.31. The first-order valence-corrected chi connectivity index (χ1v) is 6.16. The Balaban J connectivity index is 2.24. The van der Waals surface area contributed by atoms with Crippen molar-refractivity contribution in [2.45, 2.75) is 39.7 Å². The highest BCUT2D eigenvalue weighted by molar-refractivity contribution is 5.31. The Morgan fingerprint density at radius 1 is 1.19 bits per heavy atom. The van der Waals surface area contributed by atoms with E-state index in [1.807, 2.05) is 0 Å². The van der Waals surface area contributed by atoms with Crippen molar-refractivity contribution >= 4 is 0 Å². The lowest BCUT2D eigenvalue weighted by molar-refractivity contribution is 0.354. The zero-order chi connectivity index (χ0) is 11.7. The van der Waals surface area contributed by atoms with Gasteiger partial charge in [-0.25, -0.2) is 0 Å². The maximum atomic E-state index is 5.72. The molecule has 0 aliphatic heterocycles. The Morgan fingerprint density at radius 2 is 1.75 bits per heavy atom. The molecule has 0 amide bonds. The lowest BCUT2D eigenvalue weighted by Gasteiger charge is -2.24. The molecule has 88 valence electrons. The molecular weight excluding hydrogens is 196 g/mol. The lowest BCUT2D eigenvalue weighted by Crippen LogP contribution is -2.33. The molecule has 2 unspecified atom stereocenters. The summed E-state index contributed by atoms with van der Waals surface area (Å²) in [4.78, 5) is 0. The first-order valence-electron chi connectivity index (χ1n) is 6.16. The van der Waals surface area contributed by atoms with Gasteiger partial charge in [-0.3, -0.25) is 11.3 Å². The average molecular weight is 218 g/mol. The van der Waals surface area contributed by atoms with Crippen molar-refractivity contribution in [3.8, 4) is 0 Å². The normalized spacial score (nSPS) is 19.5. The van der Waals surface area contributed by atoms with E-state index in [4.69, 9.17) is 5.84 Å². The van der Waals surface area contributed by atoms with Crippen LogP contribution in [-0.2, 0) is 0 Å². The van der Waals surface area contributed by atoms with Gasteiger partial charge < -0.3 is 0 Å². The molecule has 1 aromatic carbocycles. The molecule has 2 atom stereocenters. The summed E-state index contributed by atoms with van der Waals surface area (Å²) < 4.78 is 0. The van der Waals surface area contributed by atoms with Gasteiger partial charge in [-0.1, -0.05) is 36.2 Å². The van der Waals surface area contributed by atoms with Gasteiger partial charge in [-0.2, -0.15) is 0 Å². The van der Waals surface area contributed by atoms with Gasteiger partial charge >= 0.3 is 0 Å². The number of nitrogens with two attached hydrogens (primary N) is 1. The van der Waals surface area contributed by atoms with Crippen molar-refractivity contribution in [2.24, 2.45) is 17.7 Å². The minimum atomic E-state index is 0.297. The van der Waals surface area contributed by atoms with Crippen LogP contribution in [0.5, 0.6) is 0 Å². The fraction of sp³-hybridized carbons (Fsp3) is 0.571. The zero-order valence-corrected chi connectivity index (χ0v) is 10.5. The van der Waals surface area contributed by atoms with E-state index in [1.165, 1.54) is 29.5 Å². The lowest BCUT2D eigenvalue weighted by atomic mass is 9.89. The molecule has 1 fully saturated rings. The third-order valence-electron chi connectivity index (χ3n) is 3.67. The third-order valence-corrected chi connectivity index (χ3v) is 3.67. The van der Waals surface area contributed by atoms with E-state index in [0.717, 1.165) is 5.92 Å². The summed E-state index contributed by atoms with van der Waals surface area (Å²) in [5, 5.41) is 0. The second-order valence-corrected chi connectivity index (χ2v) is 5.26. The summed E-state index contributed by atoms with van der Waals surface area (Å²) in [7, 11) is 0. The standard InChI is InChI=1S/C14H22N2/c1-9-6-10(2)8-13(7-9)14(16-15)11(3)12-4-5-12/h6-8,11-12,14,16H,4-5,15H2,1-3H3. The van der Waals surface area contributed by atoms with Gasteiger partial charge in [0.15, 0.2) is 0 Å². The number of hydrogen-bond acceptors (Lipinski definition) is 2. The summed E-state index contributed by atoms with van der Waals surface area (Å²) >= 11 is 0. The molecule has 0 aromatic heterocycles. The van der Waals surface area contributed by atoms with Crippen LogP contribution in [0.1, 0.15) is 42.5 Å². The van der Waals surface area contributed by atoms with E-state index in [9.17, 15) is 0 Å². The minimum Gasteiger partial charge on any atom is -0.271 e. The summed E-state index contributed by atoms with van der Waals surface area (Å²) in [5.41, 5.74) is 6.96. The number of nitrogens with one attached hydrogen (secondary N) is 1. The van der Waals surface area contributed by atoms with Crippen LogP contribution in [0.2, 0.25) is 0 Å². The van der Waals surface area contributed by atoms with Crippen molar-refractivity contribution in [2.75, 3.05) is 0 Å². The maximum absolute atomic E-state index is 5.72. The Hall–Kier alpha value is -0.860. The third kappa shape index (κ3) is 2.45. The molecule has 2 nitrogen and oxygen atoms in total. The van der Waals surface area contributed by atoms with Crippen LogP contribution in [0.15, 0.2) is 18.2 Å². The van der Waals surface area contributed by atoms with Crippen LogP contribution in [-0.4, -0.2) is 0 Å². The Labute approximate surface area is 98.2 Å². The van der Waals surface area contributed by atoms with Gasteiger partial charge in [0.25, 0.3) is 0 Å². The van der Waals surface area contributed by atoms with Crippen LogP contribution in [0.25, 0.3) is 0 Å². The van der Waals surface area contributed by atoms with E-state index >= 15 is 0 Å². The number of benzene rings is 1. The van der Waals surface area contributed by atoms with Crippen LogP contribution in [0, 0.1) is 25.7 Å². The van der Waals surface area contributed by atoms with Crippen LogP contribution in [0.3, 0.4) is 0 Å². The van der Waals surface area contributed by atoms with Crippen LogP contribution >= 0.6 is 0 Å². The molecule has 1 aliphatic carbocycles.